The van der Waals surface area contributed by atoms with E-state index >= 15 is 0 Å². The van der Waals surface area contributed by atoms with E-state index in [-0.39, 0.29) is 24.0 Å². The zero-order chi connectivity index (χ0) is 18.1. The van der Waals surface area contributed by atoms with Gasteiger partial charge < -0.3 is 19.8 Å². The Morgan fingerprint density at radius 1 is 1.23 bits per heavy atom. The molecule has 0 unspecified atom stereocenters. The van der Waals surface area contributed by atoms with Crippen molar-refractivity contribution in [3.63, 3.8) is 0 Å². The van der Waals surface area contributed by atoms with E-state index in [4.69, 9.17) is 9.15 Å². The zero-order valence-electron chi connectivity index (χ0n) is 14.6. The number of ether oxygens (including phenoxy) is 1. The van der Waals surface area contributed by atoms with Crippen LogP contribution in [0.4, 0.5) is 5.69 Å². The van der Waals surface area contributed by atoms with Gasteiger partial charge in [-0.2, -0.15) is 0 Å². The molecule has 0 aliphatic heterocycles. The number of nitrogens with one attached hydrogen (secondary N) is 3. The molecule has 1 aromatic heterocycles. The van der Waals surface area contributed by atoms with Crippen molar-refractivity contribution in [2.45, 2.75) is 6.54 Å². The second-order valence-electron chi connectivity index (χ2n) is 5.18. The van der Waals surface area contributed by atoms with Crippen molar-refractivity contribution in [3.05, 3.63) is 48.4 Å². The maximum absolute atomic E-state index is 11.2. The lowest BCUT2D eigenvalue weighted by Crippen LogP contribution is -2.38. The zero-order valence-corrected chi connectivity index (χ0v) is 17.7. The third kappa shape index (κ3) is 8.43. The van der Waals surface area contributed by atoms with Crippen molar-refractivity contribution in [2.24, 2.45) is 4.99 Å². The molecule has 0 amide bonds. The van der Waals surface area contributed by atoms with Gasteiger partial charge in [0.25, 0.3) is 0 Å². The minimum atomic E-state index is -3.31. The van der Waals surface area contributed by atoms with Crippen LogP contribution in [0.3, 0.4) is 0 Å². The van der Waals surface area contributed by atoms with Crippen LogP contribution in [-0.2, 0) is 16.6 Å². The Morgan fingerprint density at radius 3 is 2.69 bits per heavy atom. The molecule has 0 aliphatic rings. The summed E-state index contributed by atoms with van der Waals surface area (Å²) in [5.41, 5.74) is 0.462. The second-order valence-corrected chi connectivity index (χ2v) is 6.93. The molecular weight excluding hydrogens is 471 g/mol. The highest BCUT2D eigenvalue weighted by Crippen LogP contribution is 2.17. The predicted molar refractivity (Wildman–Crippen MR) is 113 cm³/mol. The normalized spacial score (nSPS) is 11.4. The largest absolute Gasteiger partial charge is 0.492 e. The van der Waals surface area contributed by atoms with E-state index in [1.54, 1.807) is 37.6 Å². The van der Waals surface area contributed by atoms with Crippen LogP contribution >= 0.6 is 24.0 Å². The fraction of sp³-hybridized carbons (Fsp3) is 0.312. The quantitative estimate of drug-likeness (QED) is 0.225. The summed E-state index contributed by atoms with van der Waals surface area (Å²) in [7, 11) is -1.63. The van der Waals surface area contributed by atoms with E-state index in [1.165, 1.54) is 0 Å². The Kier molecular flexibility index (Phi) is 9.27. The first kappa shape index (κ1) is 22.1. The van der Waals surface area contributed by atoms with Gasteiger partial charge in [-0.25, -0.2) is 8.42 Å². The van der Waals surface area contributed by atoms with Crippen LogP contribution in [0.5, 0.6) is 5.75 Å². The predicted octanol–water partition coefficient (Wildman–Crippen LogP) is 2.01. The lowest BCUT2D eigenvalue weighted by Gasteiger charge is -2.12. The highest BCUT2D eigenvalue weighted by Gasteiger charge is 2.03. The summed E-state index contributed by atoms with van der Waals surface area (Å²) in [5, 5.41) is 6.23. The van der Waals surface area contributed by atoms with Gasteiger partial charge >= 0.3 is 0 Å². The van der Waals surface area contributed by atoms with E-state index in [9.17, 15) is 8.42 Å². The van der Waals surface area contributed by atoms with Crippen LogP contribution in [0.1, 0.15) is 5.76 Å². The van der Waals surface area contributed by atoms with E-state index in [0.717, 1.165) is 12.0 Å². The molecular formula is C16H23IN4O4S. The van der Waals surface area contributed by atoms with Gasteiger partial charge in [0.05, 0.1) is 31.3 Å². The average Bonchev–Trinajstić information content (AvgIpc) is 3.06. The molecule has 144 valence electrons. The highest BCUT2D eigenvalue weighted by atomic mass is 127. The molecule has 1 aromatic carbocycles. The lowest BCUT2D eigenvalue weighted by molar-refractivity contribution is 0.322. The average molecular weight is 494 g/mol. The highest BCUT2D eigenvalue weighted by molar-refractivity contribution is 14.0. The molecule has 26 heavy (non-hydrogen) atoms. The van der Waals surface area contributed by atoms with Crippen LogP contribution < -0.4 is 20.1 Å². The summed E-state index contributed by atoms with van der Waals surface area (Å²) in [6.45, 7) is 1.46. The van der Waals surface area contributed by atoms with Crippen molar-refractivity contribution >= 4 is 45.6 Å². The number of anilines is 1. The van der Waals surface area contributed by atoms with Gasteiger partial charge in [-0.15, -0.1) is 24.0 Å². The van der Waals surface area contributed by atoms with Crippen LogP contribution in [0.25, 0.3) is 0 Å². The summed E-state index contributed by atoms with van der Waals surface area (Å²) in [6.07, 6.45) is 2.72. The van der Waals surface area contributed by atoms with E-state index < -0.39 is 10.0 Å². The maximum atomic E-state index is 11.2. The molecule has 0 bridgehead atoms. The number of benzene rings is 1. The third-order valence-electron chi connectivity index (χ3n) is 3.03. The second kappa shape index (κ2) is 10.9. The monoisotopic (exact) mass is 494 g/mol. The Morgan fingerprint density at radius 2 is 2.04 bits per heavy atom. The van der Waals surface area contributed by atoms with Crippen LogP contribution in [0, 0.1) is 0 Å². The molecule has 0 saturated heterocycles. The summed E-state index contributed by atoms with van der Waals surface area (Å²) >= 11 is 0. The van der Waals surface area contributed by atoms with Crippen molar-refractivity contribution in [2.75, 3.05) is 31.2 Å². The Labute approximate surface area is 170 Å². The van der Waals surface area contributed by atoms with Crippen LogP contribution in [0.15, 0.2) is 52.1 Å². The summed E-state index contributed by atoms with van der Waals surface area (Å²) in [5.74, 6) is 2.02. The molecule has 0 fully saturated rings. The number of nitrogens with zero attached hydrogens (tertiary/aromatic N) is 1. The smallest absolute Gasteiger partial charge is 0.229 e. The maximum Gasteiger partial charge on any atom is 0.229 e. The van der Waals surface area contributed by atoms with Gasteiger partial charge in [-0.1, -0.05) is 6.07 Å². The van der Waals surface area contributed by atoms with Crippen molar-refractivity contribution < 1.29 is 17.6 Å². The van der Waals surface area contributed by atoms with Gasteiger partial charge in [-0.3, -0.25) is 9.71 Å². The topological polar surface area (TPSA) is 105 Å². The van der Waals surface area contributed by atoms with E-state index in [0.29, 0.717) is 37.1 Å². The fourth-order valence-electron chi connectivity index (χ4n) is 2.01. The molecule has 0 radical (unpaired) electrons. The number of furan rings is 1. The summed E-state index contributed by atoms with van der Waals surface area (Å²) in [6, 6.07) is 10.5. The Hall–Kier alpha value is -1.95. The molecule has 0 aliphatic carbocycles. The fourth-order valence-corrected chi connectivity index (χ4v) is 2.56. The minimum Gasteiger partial charge on any atom is -0.492 e. The van der Waals surface area contributed by atoms with Gasteiger partial charge in [0.1, 0.15) is 18.1 Å². The van der Waals surface area contributed by atoms with E-state index in [1.807, 2.05) is 12.1 Å². The first-order valence-electron chi connectivity index (χ1n) is 7.64. The number of rotatable bonds is 8. The van der Waals surface area contributed by atoms with Crippen molar-refractivity contribution in [3.8, 4) is 5.75 Å². The van der Waals surface area contributed by atoms with Crippen LogP contribution in [0.2, 0.25) is 0 Å². The molecule has 8 nitrogen and oxygen atoms in total. The molecule has 2 rings (SSSR count). The summed E-state index contributed by atoms with van der Waals surface area (Å²) < 4.78 is 35.7. The van der Waals surface area contributed by atoms with Gasteiger partial charge in [-0.05, 0) is 24.3 Å². The van der Waals surface area contributed by atoms with E-state index in [2.05, 4.69) is 20.3 Å². The number of sulfonamides is 1. The molecule has 1 heterocycles. The number of guanidine groups is 1. The summed E-state index contributed by atoms with van der Waals surface area (Å²) in [4.78, 5) is 4.11. The number of hydrogen-bond donors (Lipinski definition) is 3. The van der Waals surface area contributed by atoms with Gasteiger partial charge in [0.2, 0.25) is 10.0 Å². The molecule has 2 aromatic rings. The third-order valence-corrected chi connectivity index (χ3v) is 3.64. The standard InChI is InChI=1S/C16H22N4O4S.HI/c1-17-16(19-12-15-7-4-9-23-15)18-8-10-24-14-6-3-5-13(11-14)20-25(2,21)22;/h3-7,9,11,20H,8,10,12H2,1-2H3,(H2,17,18,19);1H. The Bertz CT molecular complexity index is 794. The number of halogens is 1. The lowest BCUT2D eigenvalue weighted by atomic mass is 10.3. The first-order valence-corrected chi connectivity index (χ1v) is 9.53. The molecule has 10 heteroatoms. The van der Waals surface area contributed by atoms with Crippen LogP contribution in [-0.4, -0.2) is 40.8 Å². The van der Waals surface area contributed by atoms with Crippen molar-refractivity contribution in [1.82, 2.24) is 10.6 Å². The molecule has 0 saturated carbocycles. The van der Waals surface area contributed by atoms with Gasteiger partial charge in [0.15, 0.2) is 5.96 Å². The number of aliphatic imine (C=N–C) groups is 1. The SMILES string of the molecule is CN=C(NCCOc1cccc(NS(C)(=O)=O)c1)NCc1ccco1.I. The Balaban J connectivity index is 0.00000338. The molecule has 0 spiro atoms. The minimum absolute atomic E-state index is 0. The molecule has 0 atom stereocenters. The molecule has 3 N–H and O–H groups in total. The van der Waals surface area contributed by atoms with Crippen molar-refractivity contribution in [1.29, 1.82) is 0 Å². The first-order chi connectivity index (χ1) is 12.0. The number of hydrogen-bond acceptors (Lipinski definition) is 5. The van der Waals surface area contributed by atoms with Gasteiger partial charge in [0, 0.05) is 13.1 Å².